The highest BCUT2D eigenvalue weighted by molar-refractivity contribution is 5.46. The molecule has 0 amide bonds. The van der Waals surface area contributed by atoms with Gasteiger partial charge in [0, 0.05) is 12.2 Å². The highest BCUT2D eigenvalue weighted by Crippen LogP contribution is 2.20. The lowest BCUT2D eigenvalue weighted by Gasteiger charge is -2.33. The molecule has 0 saturated carbocycles. The van der Waals surface area contributed by atoms with Crippen molar-refractivity contribution in [2.75, 3.05) is 32.1 Å². The molecule has 0 spiro atoms. The second-order valence-corrected chi connectivity index (χ2v) is 4.56. The first-order valence-electron chi connectivity index (χ1n) is 6.03. The molecule has 2 rings (SSSR count). The molecule has 4 heteroatoms. The second-order valence-electron chi connectivity index (χ2n) is 4.56. The van der Waals surface area contributed by atoms with E-state index in [1.54, 1.807) is 7.11 Å². The van der Waals surface area contributed by atoms with Gasteiger partial charge in [0.2, 0.25) is 0 Å². The van der Waals surface area contributed by atoms with E-state index in [2.05, 4.69) is 10.6 Å². The normalized spacial score (nSPS) is 18.7. The van der Waals surface area contributed by atoms with E-state index in [0.29, 0.717) is 6.54 Å². The zero-order valence-electron chi connectivity index (χ0n) is 10.2. The molecule has 1 fully saturated rings. The van der Waals surface area contributed by atoms with Gasteiger partial charge >= 0.3 is 0 Å². The van der Waals surface area contributed by atoms with Crippen molar-refractivity contribution < 1.29 is 9.84 Å². The highest BCUT2D eigenvalue weighted by Gasteiger charge is 2.28. The van der Waals surface area contributed by atoms with Crippen LogP contribution in [0.3, 0.4) is 0 Å². The SMILES string of the molecule is COc1ccc(NCC2(O)CCNCC2)cc1. The topological polar surface area (TPSA) is 53.5 Å². The van der Waals surface area contributed by atoms with Gasteiger partial charge in [-0.25, -0.2) is 0 Å². The van der Waals surface area contributed by atoms with Gasteiger partial charge in [-0.2, -0.15) is 0 Å². The fourth-order valence-corrected chi connectivity index (χ4v) is 2.04. The molecular formula is C13H20N2O2. The number of piperidine rings is 1. The third-order valence-corrected chi connectivity index (χ3v) is 3.25. The van der Waals surface area contributed by atoms with Crippen LogP contribution in [-0.4, -0.2) is 37.5 Å². The van der Waals surface area contributed by atoms with Crippen molar-refractivity contribution in [2.45, 2.75) is 18.4 Å². The Morgan fingerprint density at radius 1 is 1.29 bits per heavy atom. The summed E-state index contributed by atoms with van der Waals surface area (Å²) in [5, 5.41) is 16.8. The second kappa shape index (κ2) is 5.38. The van der Waals surface area contributed by atoms with Crippen molar-refractivity contribution in [3.8, 4) is 5.75 Å². The maximum Gasteiger partial charge on any atom is 0.119 e. The number of rotatable bonds is 4. The van der Waals surface area contributed by atoms with Gasteiger partial charge in [0.05, 0.1) is 12.7 Å². The molecule has 1 aliphatic rings. The summed E-state index contributed by atoms with van der Waals surface area (Å²) in [4.78, 5) is 0. The quantitative estimate of drug-likeness (QED) is 0.736. The van der Waals surface area contributed by atoms with Crippen molar-refractivity contribution in [2.24, 2.45) is 0 Å². The first kappa shape index (κ1) is 12.2. The molecule has 0 unspecified atom stereocenters. The monoisotopic (exact) mass is 236 g/mol. The van der Waals surface area contributed by atoms with E-state index in [1.807, 2.05) is 24.3 Å². The van der Waals surface area contributed by atoms with Gasteiger partial charge < -0.3 is 20.5 Å². The third kappa shape index (κ3) is 3.35. The Hall–Kier alpha value is -1.26. The molecule has 0 radical (unpaired) electrons. The largest absolute Gasteiger partial charge is 0.497 e. The number of methoxy groups -OCH3 is 1. The Labute approximate surface area is 102 Å². The highest BCUT2D eigenvalue weighted by atomic mass is 16.5. The first-order chi connectivity index (χ1) is 8.22. The molecule has 1 aliphatic heterocycles. The molecule has 4 nitrogen and oxygen atoms in total. The van der Waals surface area contributed by atoms with Crippen LogP contribution in [0.25, 0.3) is 0 Å². The molecule has 0 aliphatic carbocycles. The fraction of sp³-hybridized carbons (Fsp3) is 0.538. The molecule has 0 bridgehead atoms. The predicted octanol–water partition coefficient (Wildman–Crippen LogP) is 1.22. The van der Waals surface area contributed by atoms with Crippen LogP contribution < -0.4 is 15.4 Å². The Morgan fingerprint density at radius 2 is 1.94 bits per heavy atom. The minimum atomic E-state index is -0.578. The number of hydrogen-bond donors (Lipinski definition) is 3. The van der Waals surface area contributed by atoms with Crippen molar-refractivity contribution in [1.29, 1.82) is 0 Å². The van der Waals surface area contributed by atoms with Gasteiger partial charge in [-0.05, 0) is 50.2 Å². The summed E-state index contributed by atoms with van der Waals surface area (Å²) >= 11 is 0. The standard InChI is InChI=1S/C13H20N2O2/c1-17-12-4-2-11(3-5-12)15-10-13(16)6-8-14-9-7-13/h2-5,14-16H,6-10H2,1H3. The van der Waals surface area contributed by atoms with Crippen LogP contribution in [0, 0.1) is 0 Å². The van der Waals surface area contributed by atoms with E-state index in [1.165, 1.54) is 0 Å². The molecule has 94 valence electrons. The third-order valence-electron chi connectivity index (χ3n) is 3.25. The number of nitrogens with one attached hydrogen (secondary N) is 2. The maximum atomic E-state index is 10.3. The molecule has 1 aromatic rings. The van der Waals surface area contributed by atoms with Crippen LogP contribution in [-0.2, 0) is 0 Å². The summed E-state index contributed by atoms with van der Waals surface area (Å²) in [7, 11) is 1.65. The van der Waals surface area contributed by atoms with Gasteiger partial charge in [-0.15, -0.1) is 0 Å². The van der Waals surface area contributed by atoms with Gasteiger partial charge in [-0.3, -0.25) is 0 Å². The van der Waals surface area contributed by atoms with E-state index >= 15 is 0 Å². The zero-order valence-corrected chi connectivity index (χ0v) is 10.2. The van der Waals surface area contributed by atoms with Gasteiger partial charge in [0.1, 0.15) is 5.75 Å². The maximum absolute atomic E-state index is 10.3. The summed E-state index contributed by atoms with van der Waals surface area (Å²) in [6, 6.07) is 7.75. The van der Waals surface area contributed by atoms with Crippen molar-refractivity contribution in [3.63, 3.8) is 0 Å². The molecule has 17 heavy (non-hydrogen) atoms. The van der Waals surface area contributed by atoms with Crippen LogP contribution in [0.2, 0.25) is 0 Å². The number of hydrogen-bond acceptors (Lipinski definition) is 4. The Kier molecular flexibility index (Phi) is 3.86. The van der Waals surface area contributed by atoms with Crippen LogP contribution >= 0.6 is 0 Å². The summed E-state index contributed by atoms with van der Waals surface area (Å²) in [6.07, 6.45) is 1.60. The molecule has 3 N–H and O–H groups in total. The molecule has 0 aromatic heterocycles. The van der Waals surface area contributed by atoms with E-state index in [0.717, 1.165) is 37.4 Å². The first-order valence-corrected chi connectivity index (χ1v) is 6.03. The van der Waals surface area contributed by atoms with Crippen molar-refractivity contribution >= 4 is 5.69 Å². The Morgan fingerprint density at radius 3 is 2.53 bits per heavy atom. The molecule has 1 saturated heterocycles. The molecule has 1 aromatic carbocycles. The fourth-order valence-electron chi connectivity index (χ4n) is 2.04. The van der Waals surface area contributed by atoms with Gasteiger partial charge in [-0.1, -0.05) is 0 Å². The summed E-state index contributed by atoms with van der Waals surface area (Å²) in [5.41, 5.74) is 0.434. The average Bonchev–Trinajstić information content (AvgIpc) is 2.38. The smallest absolute Gasteiger partial charge is 0.119 e. The summed E-state index contributed by atoms with van der Waals surface area (Å²) in [6.45, 7) is 2.38. The van der Waals surface area contributed by atoms with Crippen LogP contribution in [0.5, 0.6) is 5.75 Å². The molecule has 0 atom stereocenters. The summed E-state index contributed by atoms with van der Waals surface area (Å²) < 4.78 is 5.10. The number of aliphatic hydroxyl groups is 1. The molecular weight excluding hydrogens is 216 g/mol. The average molecular weight is 236 g/mol. The zero-order chi connectivity index (χ0) is 12.1. The number of benzene rings is 1. The molecule has 1 heterocycles. The van der Waals surface area contributed by atoms with E-state index < -0.39 is 5.60 Å². The van der Waals surface area contributed by atoms with Crippen molar-refractivity contribution in [1.82, 2.24) is 5.32 Å². The van der Waals surface area contributed by atoms with Crippen LogP contribution in [0.4, 0.5) is 5.69 Å². The van der Waals surface area contributed by atoms with Gasteiger partial charge in [0.25, 0.3) is 0 Å². The van der Waals surface area contributed by atoms with E-state index in [4.69, 9.17) is 4.74 Å². The minimum absolute atomic E-state index is 0.578. The lowest BCUT2D eigenvalue weighted by Crippen LogP contribution is -2.46. The lowest BCUT2D eigenvalue weighted by atomic mass is 9.92. The minimum Gasteiger partial charge on any atom is -0.497 e. The van der Waals surface area contributed by atoms with Crippen molar-refractivity contribution in [3.05, 3.63) is 24.3 Å². The number of anilines is 1. The van der Waals surface area contributed by atoms with E-state index in [-0.39, 0.29) is 0 Å². The van der Waals surface area contributed by atoms with Gasteiger partial charge in [0.15, 0.2) is 0 Å². The Balaban J connectivity index is 1.87. The Bertz CT molecular complexity index is 345. The van der Waals surface area contributed by atoms with Crippen LogP contribution in [0.1, 0.15) is 12.8 Å². The summed E-state index contributed by atoms with van der Waals surface area (Å²) in [5.74, 6) is 0.844. The lowest BCUT2D eigenvalue weighted by molar-refractivity contribution is 0.0232. The number of ether oxygens (including phenoxy) is 1. The van der Waals surface area contributed by atoms with Crippen LogP contribution in [0.15, 0.2) is 24.3 Å². The van der Waals surface area contributed by atoms with E-state index in [9.17, 15) is 5.11 Å². The predicted molar refractivity (Wildman–Crippen MR) is 68.5 cm³/mol.